The van der Waals surface area contributed by atoms with Gasteiger partial charge in [-0.3, -0.25) is 14.5 Å². The predicted molar refractivity (Wildman–Crippen MR) is 96.7 cm³/mol. The van der Waals surface area contributed by atoms with Crippen LogP contribution in [0.1, 0.15) is 24.1 Å². The van der Waals surface area contributed by atoms with E-state index >= 15 is 0 Å². The molecule has 1 unspecified atom stereocenters. The molecular weight excluding hydrogens is 318 g/mol. The first-order valence-electron chi connectivity index (χ1n) is 8.13. The maximum Gasteiger partial charge on any atom is 0.265 e. The molecule has 1 atom stereocenters. The van der Waals surface area contributed by atoms with Crippen molar-refractivity contribution in [3.63, 3.8) is 0 Å². The second-order valence-corrected chi connectivity index (χ2v) is 6.20. The van der Waals surface area contributed by atoms with E-state index in [0.717, 1.165) is 11.1 Å². The Labute approximate surface area is 146 Å². The van der Waals surface area contributed by atoms with Crippen LogP contribution in [-0.2, 0) is 9.59 Å². The number of nitrogens with zero attached hydrogens (tertiary/aromatic N) is 1. The van der Waals surface area contributed by atoms with Crippen LogP contribution < -0.4 is 20.7 Å². The lowest BCUT2D eigenvalue weighted by atomic mass is 10.1. The largest absolute Gasteiger partial charge is 0.482 e. The number of carbonyl (C=O) groups is 2. The molecule has 2 amide bonds. The van der Waals surface area contributed by atoms with Gasteiger partial charge < -0.3 is 15.8 Å². The first-order valence-corrected chi connectivity index (χ1v) is 8.13. The zero-order chi connectivity index (χ0) is 18.0. The fourth-order valence-electron chi connectivity index (χ4n) is 2.66. The van der Waals surface area contributed by atoms with Crippen LogP contribution in [0.15, 0.2) is 42.5 Å². The summed E-state index contributed by atoms with van der Waals surface area (Å²) in [5, 5.41) is 2.81. The number of hydrogen-bond acceptors (Lipinski definition) is 4. The van der Waals surface area contributed by atoms with Crippen LogP contribution in [0.25, 0.3) is 0 Å². The lowest BCUT2D eigenvalue weighted by Crippen LogP contribution is -2.43. The minimum absolute atomic E-state index is 0.0779. The maximum absolute atomic E-state index is 12.4. The van der Waals surface area contributed by atoms with Crippen LogP contribution in [0, 0.1) is 6.92 Å². The zero-order valence-electron chi connectivity index (χ0n) is 14.3. The van der Waals surface area contributed by atoms with Crippen molar-refractivity contribution in [1.82, 2.24) is 0 Å². The van der Waals surface area contributed by atoms with E-state index in [0.29, 0.717) is 17.1 Å². The third kappa shape index (κ3) is 3.80. The van der Waals surface area contributed by atoms with Gasteiger partial charge >= 0.3 is 0 Å². The molecule has 6 heteroatoms. The van der Waals surface area contributed by atoms with Crippen molar-refractivity contribution in [1.29, 1.82) is 0 Å². The maximum atomic E-state index is 12.4. The molecule has 3 N–H and O–H groups in total. The Morgan fingerprint density at radius 2 is 2.00 bits per heavy atom. The number of carbonyl (C=O) groups excluding carboxylic acids is 2. The number of ether oxygens (including phenoxy) is 1. The van der Waals surface area contributed by atoms with Gasteiger partial charge in [0.05, 0.1) is 5.69 Å². The lowest BCUT2D eigenvalue weighted by Gasteiger charge is -2.29. The topological polar surface area (TPSA) is 84.7 Å². The molecule has 130 valence electrons. The van der Waals surface area contributed by atoms with Crippen molar-refractivity contribution in [3.05, 3.63) is 53.6 Å². The third-order valence-electron chi connectivity index (χ3n) is 4.09. The summed E-state index contributed by atoms with van der Waals surface area (Å²) in [4.78, 5) is 26.1. The predicted octanol–water partition coefficient (Wildman–Crippen LogP) is 2.38. The quantitative estimate of drug-likeness (QED) is 0.896. The van der Waals surface area contributed by atoms with Crippen LogP contribution in [0.3, 0.4) is 0 Å². The Hall–Kier alpha value is -2.86. The van der Waals surface area contributed by atoms with Crippen molar-refractivity contribution >= 4 is 23.2 Å². The van der Waals surface area contributed by atoms with Crippen molar-refractivity contribution < 1.29 is 14.3 Å². The normalized spacial score (nSPS) is 14.5. The number of rotatable bonds is 4. The van der Waals surface area contributed by atoms with Gasteiger partial charge in [0.1, 0.15) is 12.3 Å². The van der Waals surface area contributed by atoms with E-state index < -0.39 is 0 Å². The van der Waals surface area contributed by atoms with Crippen molar-refractivity contribution in [2.75, 3.05) is 23.4 Å². The molecule has 3 rings (SSSR count). The average Bonchev–Trinajstić information content (AvgIpc) is 2.59. The van der Waals surface area contributed by atoms with E-state index in [-0.39, 0.29) is 31.0 Å². The third-order valence-corrected chi connectivity index (χ3v) is 4.09. The first kappa shape index (κ1) is 17.0. The number of nitrogens with one attached hydrogen (secondary N) is 1. The van der Waals surface area contributed by atoms with Gasteiger partial charge in [0.2, 0.25) is 5.91 Å². The SMILES string of the molecule is Cc1ccc(NC(=O)CN2C(=O)COc3ccc(C(C)N)cc32)cc1. The highest BCUT2D eigenvalue weighted by molar-refractivity contribution is 6.05. The fourth-order valence-corrected chi connectivity index (χ4v) is 2.66. The summed E-state index contributed by atoms with van der Waals surface area (Å²) in [6, 6.07) is 12.8. The van der Waals surface area contributed by atoms with E-state index in [9.17, 15) is 9.59 Å². The molecule has 0 saturated heterocycles. The van der Waals surface area contributed by atoms with Gasteiger partial charge in [-0.1, -0.05) is 23.8 Å². The number of nitrogens with two attached hydrogens (primary N) is 1. The summed E-state index contributed by atoms with van der Waals surface area (Å²) in [6.45, 7) is 3.68. The summed E-state index contributed by atoms with van der Waals surface area (Å²) >= 11 is 0. The minimum Gasteiger partial charge on any atom is -0.482 e. The van der Waals surface area contributed by atoms with Crippen molar-refractivity contribution in [2.45, 2.75) is 19.9 Å². The average molecular weight is 339 g/mol. The van der Waals surface area contributed by atoms with E-state index in [1.807, 2.05) is 44.2 Å². The molecule has 0 aromatic heterocycles. The van der Waals surface area contributed by atoms with Crippen molar-refractivity contribution in [2.24, 2.45) is 5.73 Å². The molecule has 25 heavy (non-hydrogen) atoms. The smallest absolute Gasteiger partial charge is 0.265 e. The molecule has 6 nitrogen and oxygen atoms in total. The fraction of sp³-hybridized carbons (Fsp3) is 0.263. The van der Waals surface area contributed by atoms with Crippen LogP contribution in [0.2, 0.25) is 0 Å². The Morgan fingerprint density at radius 3 is 2.68 bits per heavy atom. The van der Waals surface area contributed by atoms with Gasteiger partial charge in [0.25, 0.3) is 5.91 Å². The zero-order valence-corrected chi connectivity index (χ0v) is 14.3. The van der Waals surface area contributed by atoms with E-state index in [4.69, 9.17) is 10.5 Å². The van der Waals surface area contributed by atoms with Crippen LogP contribution >= 0.6 is 0 Å². The monoisotopic (exact) mass is 339 g/mol. The summed E-state index contributed by atoms with van der Waals surface area (Å²) in [6.07, 6.45) is 0. The number of aryl methyl sites for hydroxylation is 1. The van der Waals surface area contributed by atoms with Crippen molar-refractivity contribution in [3.8, 4) is 5.75 Å². The number of anilines is 2. The molecule has 2 aromatic carbocycles. The Morgan fingerprint density at radius 1 is 1.28 bits per heavy atom. The highest BCUT2D eigenvalue weighted by Gasteiger charge is 2.28. The second kappa shape index (κ2) is 6.94. The number of fused-ring (bicyclic) bond motifs is 1. The van der Waals surface area contributed by atoms with E-state index in [1.54, 1.807) is 12.1 Å². The first-order chi connectivity index (χ1) is 11.9. The molecule has 0 saturated carbocycles. The van der Waals surface area contributed by atoms with E-state index in [2.05, 4.69) is 5.32 Å². The molecule has 0 radical (unpaired) electrons. The van der Waals surface area contributed by atoms with Crippen LogP contribution in [-0.4, -0.2) is 25.0 Å². The lowest BCUT2D eigenvalue weighted by molar-refractivity contribution is -0.123. The van der Waals surface area contributed by atoms with Gasteiger partial charge in [-0.15, -0.1) is 0 Å². The summed E-state index contributed by atoms with van der Waals surface area (Å²) in [7, 11) is 0. The highest BCUT2D eigenvalue weighted by Crippen LogP contribution is 2.34. The standard InChI is InChI=1S/C19H21N3O3/c1-12-3-6-15(7-4-12)21-18(23)10-22-16-9-14(13(2)20)5-8-17(16)25-11-19(22)24/h3-9,13H,10-11,20H2,1-2H3,(H,21,23). The van der Waals surface area contributed by atoms with Gasteiger partial charge in [0, 0.05) is 11.7 Å². The summed E-state index contributed by atoms with van der Waals surface area (Å²) in [5.74, 6) is 0.0526. The minimum atomic E-state index is -0.267. The van der Waals surface area contributed by atoms with Gasteiger partial charge in [-0.05, 0) is 43.7 Å². The molecule has 0 fully saturated rings. The Kier molecular flexibility index (Phi) is 4.72. The molecule has 1 aliphatic rings. The molecular formula is C19H21N3O3. The molecule has 2 aromatic rings. The molecule has 1 aliphatic heterocycles. The summed E-state index contributed by atoms with van der Waals surface area (Å²) < 4.78 is 5.45. The Bertz CT molecular complexity index is 800. The van der Waals surface area contributed by atoms with E-state index in [1.165, 1.54) is 4.90 Å². The van der Waals surface area contributed by atoms with Gasteiger partial charge in [-0.2, -0.15) is 0 Å². The highest BCUT2D eigenvalue weighted by atomic mass is 16.5. The number of benzene rings is 2. The molecule has 0 spiro atoms. The van der Waals surface area contributed by atoms with Gasteiger partial charge in [0.15, 0.2) is 6.61 Å². The molecule has 0 aliphatic carbocycles. The van der Waals surface area contributed by atoms with Crippen LogP contribution in [0.5, 0.6) is 5.75 Å². The van der Waals surface area contributed by atoms with Gasteiger partial charge in [-0.25, -0.2) is 0 Å². The second-order valence-electron chi connectivity index (χ2n) is 6.20. The Balaban J connectivity index is 1.79. The molecule has 1 heterocycles. The molecule has 0 bridgehead atoms. The summed E-state index contributed by atoms with van der Waals surface area (Å²) in [5.41, 5.74) is 9.17. The number of amides is 2. The number of hydrogen-bond donors (Lipinski definition) is 2. The van der Waals surface area contributed by atoms with Crippen LogP contribution in [0.4, 0.5) is 11.4 Å².